The van der Waals surface area contributed by atoms with Crippen molar-refractivity contribution in [3.8, 4) is 0 Å². The first-order valence-electron chi connectivity index (χ1n) is 9.99. The van der Waals surface area contributed by atoms with E-state index in [0.717, 1.165) is 14.9 Å². The molecule has 4 aromatic rings. The summed E-state index contributed by atoms with van der Waals surface area (Å²) >= 11 is 9.08. The minimum Gasteiger partial charge on any atom is -0.374 e. The molecule has 0 aliphatic carbocycles. The second-order valence-corrected chi connectivity index (χ2v) is 12.5. The number of nitrogen functional groups attached to an aromatic ring is 1. The van der Waals surface area contributed by atoms with Gasteiger partial charge in [0.1, 0.15) is 5.02 Å². The molecular weight excluding hydrogens is 514 g/mol. The van der Waals surface area contributed by atoms with Crippen molar-refractivity contribution >= 4 is 72.8 Å². The molecule has 0 atom stereocenters. The molecule has 2 aromatic heterocycles. The van der Waals surface area contributed by atoms with E-state index in [4.69, 9.17) is 17.3 Å². The number of halogens is 1. The second-order valence-electron chi connectivity index (χ2n) is 7.26. The predicted octanol–water partition coefficient (Wildman–Crippen LogP) is 5.38. The average Bonchev–Trinajstić information content (AvgIpc) is 3.22. The van der Waals surface area contributed by atoms with E-state index in [1.54, 1.807) is 38.1 Å². The molecule has 9 nitrogen and oxygen atoms in total. The summed E-state index contributed by atoms with van der Waals surface area (Å²) in [6.45, 7) is 3.28. The van der Waals surface area contributed by atoms with E-state index in [0.29, 0.717) is 16.8 Å². The minimum absolute atomic E-state index is 0.180. The largest absolute Gasteiger partial charge is 0.374 e. The van der Waals surface area contributed by atoms with Crippen molar-refractivity contribution in [1.29, 1.82) is 0 Å². The number of anilines is 5. The number of hydrogen-bond acceptors (Lipinski definition) is 11. The molecule has 0 aliphatic heterocycles. The van der Waals surface area contributed by atoms with E-state index in [1.807, 2.05) is 24.3 Å². The number of aromatic nitrogens is 4. The van der Waals surface area contributed by atoms with Gasteiger partial charge in [-0.15, -0.1) is 10.2 Å². The fraction of sp³-hybridized carbons (Fsp3) is 0.143. The van der Waals surface area contributed by atoms with E-state index in [2.05, 4.69) is 30.8 Å². The van der Waals surface area contributed by atoms with E-state index in [9.17, 15) is 8.42 Å². The topological polar surface area (TPSA) is 136 Å². The van der Waals surface area contributed by atoms with Crippen molar-refractivity contribution in [2.45, 2.75) is 33.2 Å². The Morgan fingerprint density at radius 1 is 1.06 bits per heavy atom. The molecule has 2 aromatic carbocycles. The fourth-order valence-corrected chi connectivity index (χ4v) is 5.76. The smallest absolute Gasteiger partial charge is 0.229 e. The third-order valence-electron chi connectivity index (χ3n) is 4.55. The molecule has 0 aliphatic rings. The van der Waals surface area contributed by atoms with E-state index >= 15 is 0 Å². The molecule has 0 amide bonds. The Kier molecular flexibility index (Phi) is 7.22. The Labute approximate surface area is 210 Å². The van der Waals surface area contributed by atoms with Gasteiger partial charge in [0, 0.05) is 10.6 Å². The van der Waals surface area contributed by atoms with Crippen LogP contribution in [0.4, 0.5) is 28.3 Å². The molecule has 4 N–H and O–H groups in total. The Balaban J connectivity index is 1.52. The summed E-state index contributed by atoms with van der Waals surface area (Å²) in [6.07, 6.45) is 1.45. The van der Waals surface area contributed by atoms with Gasteiger partial charge in [0.2, 0.25) is 11.1 Å². The van der Waals surface area contributed by atoms with Crippen molar-refractivity contribution in [2.75, 3.05) is 16.4 Å². The maximum atomic E-state index is 12.7. The molecule has 0 fully saturated rings. The number of para-hydroxylation sites is 1. The third kappa shape index (κ3) is 5.58. The Hall–Kier alpha value is -2.93. The van der Waals surface area contributed by atoms with Crippen LogP contribution in [0.25, 0.3) is 0 Å². The van der Waals surface area contributed by atoms with Crippen LogP contribution >= 0.6 is 34.7 Å². The lowest BCUT2D eigenvalue weighted by molar-refractivity contribution is 0.588. The lowest BCUT2D eigenvalue weighted by atomic mass is 10.3. The van der Waals surface area contributed by atoms with Crippen molar-refractivity contribution in [2.24, 2.45) is 0 Å². The van der Waals surface area contributed by atoms with Crippen molar-refractivity contribution < 1.29 is 8.42 Å². The number of sulfone groups is 1. The van der Waals surface area contributed by atoms with Gasteiger partial charge < -0.3 is 16.4 Å². The van der Waals surface area contributed by atoms with Crippen molar-refractivity contribution in [3.63, 3.8) is 0 Å². The molecule has 0 saturated carbocycles. The average molecular weight is 534 g/mol. The number of benzene rings is 2. The first kappa shape index (κ1) is 24.2. The molecule has 4 rings (SSSR count). The van der Waals surface area contributed by atoms with E-state index in [-0.39, 0.29) is 15.7 Å². The van der Waals surface area contributed by atoms with Gasteiger partial charge in [0.15, 0.2) is 20.0 Å². The second kappa shape index (κ2) is 10.1. The minimum atomic E-state index is -3.51. The normalized spacial score (nSPS) is 11.5. The van der Waals surface area contributed by atoms with Crippen molar-refractivity contribution in [1.82, 2.24) is 20.2 Å². The predicted molar refractivity (Wildman–Crippen MR) is 137 cm³/mol. The van der Waals surface area contributed by atoms with Gasteiger partial charge in [-0.05, 0) is 50.2 Å². The zero-order valence-corrected chi connectivity index (χ0v) is 21.3. The summed E-state index contributed by atoms with van der Waals surface area (Å²) in [5, 5.41) is 14.1. The summed E-state index contributed by atoms with van der Waals surface area (Å²) in [4.78, 5) is 9.80. The summed E-state index contributed by atoms with van der Waals surface area (Å²) in [5.74, 6) is 0.583. The van der Waals surface area contributed by atoms with E-state index in [1.165, 1.54) is 29.3 Å². The maximum absolute atomic E-state index is 12.7. The Bertz CT molecular complexity index is 1410. The maximum Gasteiger partial charge on any atom is 0.229 e. The molecule has 0 radical (unpaired) electrons. The van der Waals surface area contributed by atoms with Gasteiger partial charge in [0.25, 0.3) is 0 Å². The van der Waals surface area contributed by atoms with Crippen LogP contribution in [0.15, 0.2) is 68.9 Å². The van der Waals surface area contributed by atoms with Crippen LogP contribution < -0.4 is 16.4 Å². The van der Waals surface area contributed by atoms with Crippen LogP contribution in [0.5, 0.6) is 0 Å². The zero-order chi connectivity index (χ0) is 24.3. The van der Waals surface area contributed by atoms with E-state index < -0.39 is 15.1 Å². The Morgan fingerprint density at radius 3 is 2.47 bits per heavy atom. The van der Waals surface area contributed by atoms with Gasteiger partial charge in [-0.25, -0.2) is 13.4 Å². The first-order chi connectivity index (χ1) is 16.2. The molecule has 0 spiro atoms. The molecule has 176 valence electrons. The standard InChI is InChI=1S/C21H20ClN7O2S3/c1-12(2)34(30,31)17-6-4-3-5-16(17)26-18-15(22)11-24-20(27-18)25-13-7-9-14(10-8-13)32-21-29-28-19(23)33-21/h3-12H,1-2H3,(H2,23,28)(H2,24,25,26,27). The number of rotatable bonds is 8. The lowest BCUT2D eigenvalue weighted by Crippen LogP contribution is -2.15. The molecular formula is C21H20ClN7O2S3. The van der Waals surface area contributed by atoms with Crippen LogP contribution in [0.2, 0.25) is 5.02 Å². The monoisotopic (exact) mass is 533 g/mol. The highest BCUT2D eigenvalue weighted by Crippen LogP contribution is 2.33. The molecule has 2 heterocycles. The SMILES string of the molecule is CC(C)S(=O)(=O)c1ccccc1Nc1nc(Nc2ccc(Sc3nnc(N)s3)cc2)ncc1Cl. The van der Waals surface area contributed by atoms with Crippen LogP contribution in [0.1, 0.15) is 13.8 Å². The molecule has 13 heteroatoms. The summed E-state index contributed by atoms with van der Waals surface area (Å²) in [5.41, 5.74) is 6.77. The van der Waals surface area contributed by atoms with Crippen molar-refractivity contribution in [3.05, 3.63) is 59.8 Å². The van der Waals surface area contributed by atoms with Crippen LogP contribution in [0.3, 0.4) is 0 Å². The van der Waals surface area contributed by atoms with Gasteiger partial charge in [-0.2, -0.15) is 4.98 Å². The summed E-state index contributed by atoms with van der Waals surface area (Å²) in [6, 6.07) is 14.2. The molecule has 0 bridgehead atoms. The fourth-order valence-electron chi connectivity index (χ4n) is 2.81. The highest BCUT2D eigenvalue weighted by atomic mass is 35.5. The highest BCUT2D eigenvalue weighted by molar-refractivity contribution is 8.01. The summed E-state index contributed by atoms with van der Waals surface area (Å²) < 4.78 is 26.3. The molecule has 0 saturated heterocycles. The van der Waals surface area contributed by atoms with Gasteiger partial charge in [-0.1, -0.05) is 46.8 Å². The summed E-state index contributed by atoms with van der Waals surface area (Å²) in [7, 11) is -3.51. The number of nitrogens with zero attached hydrogens (tertiary/aromatic N) is 4. The Morgan fingerprint density at radius 2 is 1.79 bits per heavy atom. The lowest BCUT2D eigenvalue weighted by Gasteiger charge is -2.15. The van der Waals surface area contributed by atoms with Gasteiger partial charge >= 0.3 is 0 Å². The molecule has 0 unspecified atom stereocenters. The van der Waals surface area contributed by atoms with Gasteiger partial charge in [-0.3, -0.25) is 0 Å². The number of nitrogens with two attached hydrogens (primary N) is 1. The number of hydrogen-bond donors (Lipinski definition) is 3. The van der Waals surface area contributed by atoms with Gasteiger partial charge in [0.05, 0.1) is 22.0 Å². The zero-order valence-electron chi connectivity index (χ0n) is 18.1. The van der Waals surface area contributed by atoms with Crippen LogP contribution in [0, 0.1) is 0 Å². The molecule has 34 heavy (non-hydrogen) atoms. The quantitative estimate of drug-likeness (QED) is 0.270. The highest BCUT2D eigenvalue weighted by Gasteiger charge is 2.23. The third-order valence-corrected chi connectivity index (χ3v) is 8.85. The number of nitrogens with one attached hydrogen (secondary N) is 2. The first-order valence-corrected chi connectivity index (χ1v) is 13.5. The van der Waals surface area contributed by atoms with Crippen LogP contribution in [-0.4, -0.2) is 33.8 Å². The van der Waals surface area contributed by atoms with Crippen LogP contribution in [-0.2, 0) is 9.84 Å².